The van der Waals surface area contributed by atoms with Crippen LogP contribution >= 0.6 is 0 Å². The van der Waals surface area contributed by atoms with Gasteiger partial charge in [0.2, 0.25) is 0 Å². The molecule has 0 saturated heterocycles. The predicted octanol–water partition coefficient (Wildman–Crippen LogP) is 29.4. The van der Waals surface area contributed by atoms with Gasteiger partial charge in [0.05, 0.1) is 0 Å². The summed E-state index contributed by atoms with van der Waals surface area (Å²) in [6.45, 7) is 8.59. The van der Waals surface area contributed by atoms with Crippen molar-refractivity contribution in [2.75, 3.05) is 26.4 Å². The van der Waals surface area contributed by atoms with Crippen molar-refractivity contribution in [2.24, 2.45) is 0 Å². The van der Waals surface area contributed by atoms with E-state index in [1.165, 1.54) is 231 Å². The molecule has 12 heteroatoms. The van der Waals surface area contributed by atoms with Crippen LogP contribution < -0.4 is 0 Å². The van der Waals surface area contributed by atoms with Crippen molar-refractivity contribution < 1.29 is 57.2 Å². The molecule has 0 fully saturated rings. The van der Waals surface area contributed by atoms with Crippen LogP contribution in [0.25, 0.3) is 0 Å². The molecule has 0 heterocycles. The fourth-order valence-corrected chi connectivity index (χ4v) is 13.8. The van der Waals surface area contributed by atoms with Crippen molar-refractivity contribution in [3.63, 3.8) is 0 Å². The number of ether oxygens (including phenoxy) is 6. The summed E-state index contributed by atoms with van der Waals surface area (Å²) in [5.74, 6) is -1.95. The molecule has 0 amide bonds. The number of esters is 6. The predicted molar refractivity (Wildman–Crippen MR) is 455 cm³/mol. The molecule has 0 N–H and O–H groups in total. The van der Waals surface area contributed by atoms with Crippen LogP contribution in [0.3, 0.4) is 0 Å². The van der Waals surface area contributed by atoms with Crippen molar-refractivity contribution in [3.8, 4) is 0 Å². The standard InChI is InChI=1S/C96H174O12/c1-5-9-13-17-21-25-29-33-37-43-49-55-61-67-73-79-91(97)103-85-89(86-104-92(98)80-74-68-62-56-50-44-38-34-30-26-22-18-14-10-6-2)107-95(101)83-77-71-65-59-53-47-41-42-48-54-60-66-72-78-84-96(102)108-90(87-105-93(99)81-75-69-63-57-51-45-39-35-31-27-23-19-15-11-7-3)88-106-94(100)82-76-70-64-58-52-46-40-36-32-28-24-20-16-12-8-4/h33-35,37-39,41-42,89-90H,5-32,36,40,43-88H2,1-4H3/b37-33-,38-34-,39-35-,42-41?. The average molecular weight is 1520 g/mol. The SMILES string of the molecule is CCCCCCCC/C=C\CCCCCCCC(=O)OCC(COC(=O)CCCCCCC/C=C\CCCCCCCC)OC(=O)CCCCCCCC=CCCCCCCCC(=O)OC(COC(=O)CCCCCCC/C=C\CCCCCCCC)COC(=O)CCCCCCCCCCCCCCCCC. The number of carbonyl (C=O) groups is 6. The largest absolute Gasteiger partial charge is 0.462 e. The van der Waals surface area contributed by atoms with Gasteiger partial charge in [-0.2, -0.15) is 0 Å². The number of hydrogen-bond acceptors (Lipinski definition) is 12. The summed E-state index contributed by atoms with van der Waals surface area (Å²) >= 11 is 0. The Morgan fingerprint density at radius 3 is 0.463 bits per heavy atom. The normalized spacial score (nSPS) is 12.0. The molecule has 630 valence electrons. The molecule has 0 aromatic carbocycles. The summed E-state index contributed by atoms with van der Waals surface area (Å²) < 4.78 is 34.0. The van der Waals surface area contributed by atoms with E-state index in [4.69, 9.17) is 28.4 Å². The number of unbranched alkanes of at least 4 members (excludes halogenated alkanes) is 57. The van der Waals surface area contributed by atoms with E-state index in [9.17, 15) is 28.8 Å². The molecule has 0 spiro atoms. The maximum atomic E-state index is 13.1. The highest BCUT2D eigenvalue weighted by Gasteiger charge is 2.22. The first kappa shape index (κ1) is 104. The van der Waals surface area contributed by atoms with Crippen LogP contribution in [-0.4, -0.2) is 74.5 Å². The molecule has 0 aliphatic rings. The van der Waals surface area contributed by atoms with Gasteiger partial charge >= 0.3 is 35.8 Å². The van der Waals surface area contributed by atoms with E-state index >= 15 is 0 Å². The molecule has 108 heavy (non-hydrogen) atoms. The zero-order chi connectivity index (χ0) is 78.3. The summed E-state index contributed by atoms with van der Waals surface area (Å²) in [5.41, 5.74) is 0. The lowest BCUT2D eigenvalue weighted by Crippen LogP contribution is -2.30. The monoisotopic (exact) mass is 1520 g/mol. The lowest BCUT2D eigenvalue weighted by molar-refractivity contribution is -0.167. The third kappa shape index (κ3) is 84.2. The van der Waals surface area contributed by atoms with Gasteiger partial charge in [0, 0.05) is 38.5 Å². The zero-order valence-electron chi connectivity index (χ0n) is 71.4. The minimum Gasteiger partial charge on any atom is -0.462 e. The van der Waals surface area contributed by atoms with Gasteiger partial charge < -0.3 is 28.4 Å². The third-order valence-electron chi connectivity index (χ3n) is 20.9. The number of rotatable bonds is 87. The number of hydrogen-bond donors (Lipinski definition) is 0. The van der Waals surface area contributed by atoms with E-state index in [-0.39, 0.29) is 75.1 Å². The Morgan fingerprint density at radius 2 is 0.306 bits per heavy atom. The smallest absolute Gasteiger partial charge is 0.306 e. The van der Waals surface area contributed by atoms with Crippen LogP contribution in [0.4, 0.5) is 0 Å². The first-order valence-electron chi connectivity index (χ1n) is 46.8. The number of carbonyl (C=O) groups excluding carboxylic acids is 6. The Kier molecular flexibility index (Phi) is 84.9. The van der Waals surface area contributed by atoms with Crippen LogP contribution in [0, 0.1) is 0 Å². The van der Waals surface area contributed by atoms with Crippen molar-refractivity contribution in [2.45, 2.75) is 502 Å². The van der Waals surface area contributed by atoms with E-state index in [2.05, 4.69) is 76.3 Å². The first-order valence-corrected chi connectivity index (χ1v) is 46.8. The van der Waals surface area contributed by atoms with E-state index < -0.39 is 12.2 Å². The molecule has 0 aromatic heterocycles. The maximum absolute atomic E-state index is 13.1. The molecule has 0 radical (unpaired) electrons. The lowest BCUT2D eigenvalue weighted by Gasteiger charge is -2.18. The molecule has 1 unspecified atom stereocenters. The molecule has 0 bridgehead atoms. The van der Waals surface area contributed by atoms with Gasteiger partial charge in [-0.3, -0.25) is 28.8 Å². The van der Waals surface area contributed by atoms with Gasteiger partial charge in [-0.25, -0.2) is 0 Å². The molecule has 0 saturated carbocycles. The highest BCUT2D eigenvalue weighted by molar-refractivity contribution is 5.72. The van der Waals surface area contributed by atoms with E-state index in [0.29, 0.717) is 38.5 Å². The van der Waals surface area contributed by atoms with Crippen LogP contribution in [0.15, 0.2) is 48.6 Å². The van der Waals surface area contributed by atoms with E-state index in [0.717, 1.165) is 180 Å². The van der Waals surface area contributed by atoms with Crippen molar-refractivity contribution in [1.29, 1.82) is 0 Å². The summed E-state index contributed by atoms with van der Waals surface area (Å²) in [6, 6.07) is 0. The molecular weight excluding hydrogens is 1350 g/mol. The average Bonchev–Trinajstić information content (AvgIpc) is 0.954. The molecule has 0 aliphatic carbocycles. The Hall–Kier alpha value is -4.22. The Bertz CT molecular complexity index is 2020. The minimum absolute atomic E-state index is 0.112. The van der Waals surface area contributed by atoms with Gasteiger partial charge in [0.15, 0.2) is 12.2 Å². The van der Waals surface area contributed by atoms with Crippen molar-refractivity contribution in [3.05, 3.63) is 48.6 Å². The van der Waals surface area contributed by atoms with E-state index in [1.807, 2.05) is 0 Å². The molecule has 0 aliphatic heterocycles. The lowest BCUT2D eigenvalue weighted by atomic mass is 10.0. The third-order valence-corrected chi connectivity index (χ3v) is 20.9. The van der Waals surface area contributed by atoms with Crippen LogP contribution in [0.2, 0.25) is 0 Å². The molecule has 0 aromatic rings. The Labute approximate surface area is 666 Å². The second-order valence-electron chi connectivity index (χ2n) is 31.7. The Balaban J connectivity index is 4.74. The fourth-order valence-electron chi connectivity index (χ4n) is 13.8. The van der Waals surface area contributed by atoms with Gasteiger partial charge in [-0.1, -0.05) is 359 Å². The molecular formula is C96H174O12. The topological polar surface area (TPSA) is 158 Å². The summed E-state index contributed by atoms with van der Waals surface area (Å²) in [6.07, 6.45) is 95.7. The van der Waals surface area contributed by atoms with Gasteiger partial charge in [-0.15, -0.1) is 0 Å². The van der Waals surface area contributed by atoms with Crippen LogP contribution in [-0.2, 0) is 57.2 Å². The van der Waals surface area contributed by atoms with Gasteiger partial charge in [0.25, 0.3) is 0 Å². The summed E-state index contributed by atoms with van der Waals surface area (Å²) in [4.78, 5) is 77.4. The number of allylic oxidation sites excluding steroid dienone is 8. The molecule has 12 nitrogen and oxygen atoms in total. The molecule has 1 atom stereocenters. The minimum atomic E-state index is -0.830. The van der Waals surface area contributed by atoms with Gasteiger partial charge in [0.1, 0.15) is 26.4 Å². The Morgan fingerprint density at radius 1 is 0.176 bits per heavy atom. The highest BCUT2D eigenvalue weighted by atomic mass is 16.6. The quantitative estimate of drug-likeness (QED) is 0.0246. The van der Waals surface area contributed by atoms with Crippen LogP contribution in [0.5, 0.6) is 0 Å². The summed E-state index contributed by atoms with van der Waals surface area (Å²) in [5, 5.41) is 0. The van der Waals surface area contributed by atoms with Crippen molar-refractivity contribution in [1.82, 2.24) is 0 Å². The fraction of sp³-hybridized carbons (Fsp3) is 0.854. The van der Waals surface area contributed by atoms with Gasteiger partial charge in [-0.05, 0) is 141 Å². The van der Waals surface area contributed by atoms with Crippen LogP contribution in [0.1, 0.15) is 490 Å². The summed E-state index contributed by atoms with van der Waals surface area (Å²) in [7, 11) is 0. The highest BCUT2D eigenvalue weighted by Crippen LogP contribution is 2.20. The second-order valence-corrected chi connectivity index (χ2v) is 31.7. The first-order chi connectivity index (χ1) is 53.1. The second kappa shape index (κ2) is 88.3. The van der Waals surface area contributed by atoms with E-state index in [1.54, 1.807) is 0 Å². The zero-order valence-corrected chi connectivity index (χ0v) is 71.4. The maximum Gasteiger partial charge on any atom is 0.306 e. The van der Waals surface area contributed by atoms with Crippen molar-refractivity contribution >= 4 is 35.8 Å². The molecule has 0 rings (SSSR count).